The molecule has 2 N–H and O–H groups in total. The van der Waals surface area contributed by atoms with Gasteiger partial charge in [-0.3, -0.25) is 9.69 Å². The topological polar surface area (TPSA) is 44.4 Å². The molecule has 1 atom stereocenters. The Hall–Kier alpha value is -1.39. The Morgan fingerprint density at radius 1 is 1.41 bits per heavy atom. The number of carbonyl (C=O) groups excluding carboxylic acids is 1. The van der Waals surface area contributed by atoms with Crippen molar-refractivity contribution in [3.8, 4) is 0 Å². The maximum atomic E-state index is 10.9. The molecule has 1 aliphatic heterocycles. The Morgan fingerprint density at radius 2 is 2.12 bits per heavy atom. The van der Waals surface area contributed by atoms with Gasteiger partial charge in [-0.05, 0) is 24.7 Å². The number of carbonyl (C=O) groups is 1. The van der Waals surface area contributed by atoms with Crippen molar-refractivity contribution in [2.75, 3.05) is 32.0 Å². The van der Waals surface area contributed by atoms with E-state index in [1.807, 2.05) is 12.1 Å². The van der Waals surface area contributed by atoms with Gasteiger partial charge in [0.1, 0.15) is 0 Å². The second-order valence-corrected chi connectivity index (χ2v) is 4.50. The minimum absolute atomic E-state index is 0.0331. The molecule has 92 valence electrons. The van der Waals surface area contributed by atoms with E-state index in [1.54, 1.807) is 0 Å². The fourth-order valence-electron chi connectivity index (χ4n) is 2.17. The quantitative estimate of drug-likeness (QED) is 0.807. The maximum absolute atomic E-state index is 10.9. The molecule has 0 saturated carbocycles. The van der Waals surface area contributed by atoms with Crippen molar-refractivity contribution in [3.05, 3.63) is 29.8 Å². The number of nitrogens with zero attached hydrogens (tertiary/aromatic N) is 1. The largest absolute Gasteiger partial charge is 0.326 e. The number of amides is 1. The van der Waals surface area contributed by atoms with Gasteiger partial charge in [0.2, 0.25) is 5.91 Å². The summed E-state index contributed by atoms with van der Waals surface area (Å²) in [6.07, 6.45) is 0. The summed E-state index contributed by atoms with van der Waals surface area (Å²) < 4.78 is 0. The fraction of sp³-hybridized carbons (Fsp3) is 0.462. The van der Waals surface area contributed by atoms with Crippen LogP contribution in [-0.4, -0.2) is 37.5 Å². The molecule has 1 amide bonds. The fourth-order valence-corrected chi connectivity index (χ4v) is 2.17. The van der Waals surface area contributed by atoms with Gasteiger partial charge in [-0.2, -0.15) is 0 Å². The average Bonchev–Trinajstić information content (AvgIpc) is 2.30. The smallest absolute Gasteiger partial charge is 0.221 e. The summed E-state index contributed by atoms with van der Waals surface area (Å²) >= 11 is 0. The predicted molar refractivity (Wildman–Crippen MR) is 69.0 cm³/mol. The summed E-state index contributed by atoms with van der Waals surface area (Å²) in [5.74, 6) is -0.0331. The molecule has 1 aromatic rings. The van der Waals surface area contributed by atoms with Crippen molar-refractivity contribution in [2.24, 2.45) is 0 Å². The first kappa shape index (κ1) is 12.1. The van der Waals surface area contributed by atoms with Crippen molar-refractivity contribution < 1.29 is 4.79 Å². The first-order chi connectivity index (χ1) is 8.16. The van der Waals surface area contributed by atoms with E-state index in [9.17, 15) is 4.79 Å². The summed E-state index contributed by atoms with van der Waals surface area (Å²) in [4.78, 5) is 13.3. The molecule has 0 aliphatic carbocycles. The third-order valence-corrected chi connectivity index (χ3v) is 3.13. The van der Waals surface area contributed by atoms with Crippen LogP contribution in [0.15, 0.2) is 24.3 Å². The third-order valence-electron chi connectivity index (χ3n) is 3.13. The summed E-state index contributed by atoms with van der Waals surface area (Å²) in [7, 11) is 2.15. The lowest BCUT2D eigenvalue weighted by Gasteiger charge is -2.33. The molecule has 2 rings (SSSR count). The molecule has 0 bridgehead atoms. The van der Waals surface area contributed by atoms with Gasteiger partial charge in [0.05, 0.1) is 0 Å². The molecule has 1 aliphatic rings. The molecule has 4 nitrogen and oxygen atoms in total. The highest BCUT2D eigenvalue weighted by molar-refractivity contribution is 5.88. The van der Waals surface area contributed by atoms with E-state index in [-0.39, 0.29) is 5.91 Å². The molecule has 1 fully saturated rings. The van der Waals surface area contributed by atoms with E-state index < -0.39 is 0 Å². The Kier molecular flexibility index (Phi) is 3.76. The number of rotatable bonds is 2. The zero-order chi connectivity index (χ0) is 12.3. The highest BCUT2D eigenvalue weighted by Crippen LogP contribution is 2.22. The molecule has 0 radical (unpaired) electrons. The van der Waals surface area contributed by atoms with Gasteiger partial charge in [0.25, 0.3) is 0 Å². The van der Waals surface area contributed by atoms with Gasteiger partial charge in [0.15, 0.2) is 0 Å². The molecule has 1 aromatic carbocycles. The first-order valence-electron chi connectivity index (χ1n) is 5.95. The van der Waals surface area contributed by atoms with Crippen molar-refractivity contribution in [1.82, 2.24) is 10.2 Å². The lowest BCUT2D eigenvalue weighted by molar-refractivity contribution is -0.114. The third kappa shape index (κ3) is 3.05. The molecular formula is C13H19N3O. The van der Waals surface area contributed by atoms with Crippen molar-refractivity contribution in [3.63, 3.8) is 0 Å². The normalized spacial score (nSPS) is 21.2. The zero-order valence-electron chi connectivity index (χ0n) is 10.4. The van der Waals surface area contributed by atoms with Crippen LogP contribution in [0.25, 0.3) is 0 Å². The molecule has 17 heavy (non-hydrogen) atoms. The van der Waals surface area contributed by atoms with Gasteiger partial charge in [-0.15, -0.1) is 0 Å². The SMILES string of the molecule is CC(=O)Nc1ccc(C2CNCCN2C)cc1. The Labute approximate surface area is 102 Å². The van der Waals surface area contributed by atoms with Crippen LogP contribution in [0.5, 0.6) is 0 Å². The second kappa shape index (κ2) is 5.29. The van der Waals surface area contributed by atoms with Crippen molar-refractivity contribution in [1.29, 1.82) is 0 Å². The van der Waals surface area contributed by atoms with Crippen LogP contribution in [0.1, 0.15) is 18.5 Å². The van der Waals surface area contributed by atoms with E-state index in [1.165, 1.54) is 12.5 Å². The van der Waals surface area contributed by atoms with Gasteiger partial charge < -0.3 is 10.6 Å². The Bertz CT molecular complexity index is 388. The molecule has 4 heteroatoms. The van der Waals surface area contributed by atoms with Gasteiger partial charge in [-0.1, -0.05) is 12.1 Å². The zero-order valence-corrected chi connectivity index (χ0v) is 10.4. The highest BCUT2D eigenvalue weighted by Gasteiger charge is 2.19. The number of hydrogen-bond acceptors (Lipinski definition) is 3. The number of nitrogens with one attached hydrogen (secondary N) is 2. The van der Waals surface area contributed by atoms with Crippen LogP contribution in [0, 0.1) is 0 Å². The molecule has 1 saturated heterocycles. The number of benzene rings is 1. The van der Waals surface area contributed by atoms with Crippen LogP contribution in [-0.2, 0) is 4.79 Å². The van der Waals surface area contributed by atoms with E-state index in [0.29, 0.717) is 6.04 Å². The lowest BCUT2D eigenvalue weighted by Crippen LogP contribution is -2.43. The average molecular weight is 233 g/mol. The van der Waals surface area contributed by atoms with Gasteiger partial charge in [0, 0.05) is 38.3 Å². The summed E-state index contributed by atoms with van der Waals surface area (Å²) in [6.45, 7) is 4.62. The molecule has 1 unspecified atom stereocenters. The minimum Gasteiger partial charge on any atom is -0.326 e. The molecular weight excluding hydrogens is 214 g/mol. The summed E-state index contributed by atoms with van der Waals surface area (Å²) in [6, 6.07) is 8.51. The molecule has 0 spiro atoms. The second-order valence-electron chi connectivity index (χ2n) is 4.50. The first-order valence-corrected chi connectivity index (χ1v) is 5.95. The standard InChI is InChI=1S/C13H19N3O/c1-10(17)15-12-5-3-11(4-6-12)13-9-14-7-8-16(13)2/h3-6,13-14H,7-9H2,1-2H3,(H,15,17). The number of hydrogen-bond donors (Lipinski definition) is 2. The van der Waals surface area contributed by atoms with Crippen LogP contribution in [0.4, 0.5) is 5.69 Å². The minimum atomic E-state index is -0.0331. The molecule has 1 heterocycles. The Morgan fingerprint density at radius 3 is 2.71 bits per heavy atom. The van der Waals surface area contributed by atoms with E-state index >= 15 is 0 Å². The van der Waals surface area contributed by atoms with Crippen molar-refractivity contribution in [2.45, 2.75) is 13.0 Å². The van der Waals surface area contributed by atoms with Crippen molar-refractivity contribution >= 4 is 11.6 Å². The lowest BCUT2D eigenvalue weighted by atomic mass is 10.0. The van der Waals surface area contributed by atoms with E-state index in [4.69, 9.17) is 0 Å². The highest BCUT2D eigenvalue weighted by atomic mass is 16.1. The maximum Gasteiger partial charge on any atom is 0.221 e. The van der Waals surface area contributed by atoms with E-state index in [2.05, 4.69) is 34.7 Å². The van der Waals surface area contributed by atoms with Crippen LogP contribution < -0.4 is 10.6 Å². The predicted octanol–water partition coefficient (Wildman–Crippen LogP) is 1.22. The van der Waals surface area contributed by atoms with Crippen LogP contribution >= 0.6 is 0 Å². The van der Waals surface area contributed by atoms with Crippen LogP contribution in [0.2, 0.25) is 0 Å². The summed E-state index contributed by atoms with van der Waals surface area (Å²) in [5.41, 5.74) is 2.14. The van der Waals surface area contributed by atoms with Gasteiger partial charge in [-0.25, -0.2) is 0 Å². The number of likely N-dealkylation sites (N-methyl/N-ethyl adjacent to an activating group) is 1. The monoisotopic (exact) mass is 233 g/mol. The number of anilines is 1. The van der Waals surface area contributed by atoms with E-state index in [0.717, 1.165) is 25.3 Å². The summed E-state index contributed by atoms with van der Waals surface area (Å²) in [5, 5.41) is 6.18. The number of piperazine rings is 1. The van der Waals surface area contributed by atoms with Crippen LogP contribution in [0.3, 0.4) is 0 Å². The Balaban J connectivity index is 2.08. The van der Waals surface area contributed by atoms with Gasteiger partial charge >= 0.3 is 0 Å². The molecule has 0 aromatic heterocycles.